The molecule has 4 amide bonds. The highest BCUT2D eigenvalue weighted by molar-refractivity contribution is 6.35. The summed E-state index contributed by atoms with van der Waals surface area (Å²) in [5.74, 6) is -3.05. The number of fused-ring (bicyclic) bond motifs is 1. The number of halogens is 1. The molecule has 1 aliphatic carbocycles. The fraction of sp³-hybridized carbons (Fsp3) is 0.217. The molecular formula is C23H22ClN5O4. The van der Waals surface area contributed by atoms with Crippen LogP contribution < -0.4 is 21.5 Å². The third kappa shape index (κ3) is 5.50. The minimum absolute atomic E-state index is 0.00322. The summed E-state index contributed by atoms with van der Waals surface area (Å²) in [5, 5.41) is 6.34. The summed E-state index contributed by atoms with van der Waals surface area (Å²) < 4.78 is 0. The number of carbonyl (C=O) groups excluding carboxylic acids is 4. The van der Waals surface area contributed by atoms with E-state index in [0.717, 1.165) is 29.3 Å². The predicted octanol–water partition coefficient (Wildman–Crippen LogP) is 1.59. The van der Waals surface area contributed by atoms with Crippen LogP contribution in [0.4, 0.5) is 0 Å². The van der Waals surface area contributed by atoms with Gasteiger partial charge in [-0.25, -0.2) is 0 Å². The maximum Gasteiger partial charge on any atom is 0.327 e. The second-order valence-electron chi connectivity index (χ2n) is 7.76. The maximum atomic E-state index is 12.9. The van der Waals surface area contributed by atoms with Gasteiger partial charge in [-0.05, 0) is 36.6 Å². The van der Waals surface area contributed by atoms with Gasteiger partial charge in [0.25, 0.3) is 11.8 Å². The van der Waals surface area contributed by atoms with Gasteiger partial charge < -0.3 is 15.6 Å². The Hall–Kier alpha value is -3.85. The number of benzene rings is 2. The van der Waals surface area contributed by atoms with Crippen molar-refractivity contribution in [3.05, 3.63) is 70.9 Å². The Morgan fingerprint density at radius 3 is 2.45 bits per heavy atom. The van der Waals surface area contributed by atoms with Crippen LogP contribution in [0.3, 0.4) is 0 Å². The summed E-state index contributed by atoms with van der Waals surface area (Å²) in [6.07, 6.45) is 3.54. The molecule has 10 heteroatoms. The molecule has 0 radical (unpaired) electrons. The summed E-state index contributed by atoms with van der Waals surface area (Å²) in [5.41, 5.74) is 6.22. The Balaban J connectivity index is 1.49. The summed E-state index contributed by atoms with van der Waals surface area (Å²) in [4.78, 5) is 52.6. The molecule has 0 aliphatic heterocycles. The summed E-state index contributed by atoms with van der Waals surface area (Å²) >= 11 is 6.12. The third-order valence-electron chi connectivity index (χ3n) is 5.26. The minimum Gasteiger partial charge on any atom is -0.361 e. The number of carbonyl (C=O) groups is 4. The normalized spacial score (nSPS) is 13.7. The smallest absolute Gasteiger partial charge is 0.327 e. The Labute approximate surface area is 194 Å². The van der Waals surface area contributed by atoms with Crippen LogP contribution >= 0.6 is 11.6 Å². The van der Waals surface area contributed by atoms with Crippen molar-refractivity contribution < 1.29 is 19.2 Å². The molecular weight excluding hydrogens is 446 g/mol. The molecule has 3 aromatic rings. The van der Waals surface area contributed by atoms with Gasteiger partial charge in [0, 0.05) is 29.6 Å². The van der Waals surface area contributed by atoms with E-state index in [2.05, 4.69) is 26.5 Å². The molecule has 1 aliphatic rings. The average molecular weight is 468 g/mol. The van der Waals surface area contributed by atoms with E-state index < -0.39 is 29.7 Å². The number of H-pyrrole nitrogens is 1. The quantitative estimate of drug-likeness (QED) is 0.278. The van der Waals surface area contributed by atoms with Gasteiger partial charge in [-0.3, -0.25) is 30.0 Å². The highest BCUT2D eigenvalue weighted by atomic mass is 35.5. The van der Waals surface area contributed by atoms with Gasteiger partial charge in [0.15, 0.2) is 0 Å². The van der Waals surface area contributed by atoms with Gasteiger partial charge in [-0.15, -0.1) is 0 Å². The average Bonchev–Trinajstić information content (AvgIpc) is 3.54. The van der Waals surface area contributed by atoms with Gasteiger partial charge in [-0.1, -0.05) is 41.9 Å². The number of hydrazine groups is 1. The predicted molar refractivity (Wildman–Crippen MR) is 122 cm³/mol. The Kier molecular flexibility index (Phi) is 6.60. The molecule has 1 saturated carbocycles. The topological polar surface area (TPSA) is 132 Å². The molecule has 170 valence electrons. The van der Waals surface area contributed by atoms with E-state index >= 15 is 0 Å². The van der Waals surface area contributed by atoms with E-state index in [1.54, 1.807) is 30.5 Å². The number of aromatic nitrogens is 1. The van der Waals surface area contributed by atoms with Crippen molar-refractivity contribution in [3.63, 3.8) is 0 Å². The van der Waals surface area contributed by atoms with Gasteiger partial charge in [0.1, 0.15) is 6.04 Å². The molecule has 2 aromatic carbocycles. The highest BCUT2D eigenvalue weighted by Gasteiger charge is 2.28. The third-order valence-corrected chi connectivity index (χ3v) is 5.59. The van der Waals surface area contributed by atoms with E-state index in [0.29, 0.717) is 0 Å². The van der Waals surface area contributed by atoms with E-state index in [1.165, 1.54) is 0 Å². The first kappa shape index (κ1) is 22.3. The van der Waals surface area contributed by atoms with Crippen molar-refractivity contribution in [2.45, 2.75) is 31.3 Å². The lowest BCUT2D eigenvalue weighted by atomic mass is 10.0. The first-order valence-electron chi connectivity index (χ1n) is 10.4. The van der Waals surface area contributed by atoms with E-state index in [-0.39, 0.29) is 23.0 Å². The monoisotopic (exact) mass is 467 g/mol. The Bertz CT molecular complexity index is 1220. The van der Waals surface area contributed by atoms with Gasteiger partial charge >= 0.3 is 11.8 Å². The molecule has 1 atom stereocenters. The molecule has 1 fully saturated rings. The van der Waals surface area contributed by atoms with Crippen molar-refractivity contribution in [2.75, 3.05) is 0 Å². The Morgan fingerprint density at radius 2 is 1.70 bits per heavy atom. The fourth-order valence-electron chi connectivity index (χ4n) is 3.35. The van der Waals surface area contributed by atoms with E-state index in [4.69, 9.17) is 11.6 Å². The standard InChI is InChI=1S/C23H22ClN5O4/c24-17-7-3-1-6-16(17)20(30)27-19(11-13-12-25-18-8-4-2-5-15(13)18)21(31)28-29-23(33)22(32)26-14-9-10-14/h1-8,12,14,19,25H,9-11H2,(H,26,32)(H,27,30)(H,28,31)(H,29,33)/t19-/m0/s1. The van der Waals surface area contributed by atoms with Gasteiger partial charge in [0.05, 0.1) is 10.6 Å². The molecule has 9 nitrogen and oxygen atoms in total. The van der Waals surface area contributed by atoms with Crippen LogP contribution in [-0.2, 0) is 20.8 Å². The van der Waals surface area contributed by atoms with Crippen LogP contribution in [-0.4, -0.2) is 40.7 Å². The number of aromatic amines is 1. The zero-order valence-electron chi connectivity index (χ0n) is 17.5. The van der Waals surface area contributed by atoms with Gasteiger partial charge in [0.2, 0.25) is 0 Å². The van der Waals surface area contributed by atoms with Crippen LogP contribution in [0.15, 0.2) is 54.7 Å². The second-order valence-corrected chi connectivity index (χ2v) is 8.17. The van der Waals surface area contributed by atoms with Crippen LogP contribution in [0.5, 0.6) is 0 Å². The van der Waals surface area contributed by atoms with Crippen molar-refractivity contribution in [2.24, 2.45) is 0 Å². The van der Waals surface area contributed by atoms with Crippen molar-refractivity contribution in [3.8, 4) is 0 Å². The number of nitrogens with one attached hydrogen (secondary N) is 5. The zero-order valence-corrected chi connectivity index (χ0v) is 18.2. The van der Waals surface area contributed by atoms with E-state index in [9.17, 15) is 19.2 Å². The molecule has 4 rings (SSSR count). The Morgan fingerprint density at radius 1 is 0.970 bits per heavy atom. The lowest BCUT2D eigenvalue weighted by molar-refractivity contribution is -0.141. The van der Waals surface area contributed by atoms with Gasteiger partial charge in [-0.2, -0.15) is 0 Å². The lowest BCUT2D eigenvalue weighted by Gasteiger charge is -2.19. The lowest BCUT2D eigenvalue weighted by Crippen LogP contribution is -2.55. The molecule has 0 spiro atoms. The number of para-hydroxylation sites is 1. The van der Waals surface area contributed by atoms with Crippen LogP contribution in [0.2, 0.25) is 5.02 Å². The minimum atomic E-state index is -1.06. The fourth-order valence-corrected chi connectivity index (χ4v) is 3.57. The van der Waals surface area contributed by atoms with Crippen molar-refractivity contribution in [1.29, 1.82) is 0 Å². The number of rotatable bonds is 6. The van der Waals surface area contributed by atoms with Crippen LogP contribution in [0.1, 0.15) is 28.8 Å². The molecule has 5 N–H and O–H groups in total. The second kappa shape index (κ2) is 9.74. The molecule has 1 aromatic heterocycles. The number of hydrogen-bond donors (Lipinski definition) is 5. The van der Waals surface area contributed by atoms with E-state index in [1.807, 2.05) is 24.3 Å². The maximum absolute atomic E-state index is 12.9. The zero-order chi connectivity index (χ0) is 23.4. The van der Waals surface area contributed by atoms with Crippen LogP contribution in [0.25, 0.3) is 10.9 Å². The first-order chi connectivity index (χ1) is 15.9. The van der Waals surface area contributed by atoms with Crippen molar-refractivity contribution in [1.82, 2.24) is 26.5 Å². The molecule has 0 bridgehead atoms. The molecule has 0 saturated heterocycles. The number of hydrogen-bond acceptors (Lipinski definition) is 4. The van der Waals surface area contributed by atoms with Crippen LogP contribution in [0, 0.1) is 0 Å². The highest BCUT2D eigenvalue weighted by Crippen LogP contribution is 2.20. The summed E-state index contributed by atoms with van der Waals surface area (Å²) in [6.45, 7) is 0. The summed E-state index contributed by atoms with van der Waals surface area (Å²) in [6, 6.07) is 13.0. The number of amides is 4. The molecule has 1 heterocycles. The first-order valence-corrected chi connectivity index (χ1v) is 10.8. The molecule has 0 unspecified atom stereocenters. The summed E-state index contributed by atoms with van der Waals surface area (Å²) in [7, 11) is 0. The largest absolute Gasteiger partial charge is 0.361 e. The SMILES string of the molecule is O=C(NNC(=O)[C@H](Cc1c[nH]c2ccccc12)NC(=O)c1ccccc1Cl)C(=O)NC1CC1. The molecule has 33 heavy (non-hydrogen) atoms. The van der Waals surface area contributed by atoms with Crippen molar-refractivity contribution >= 4 is 46.1 Å².